The second-order valence-electron chi connectivity index (χ2n) is 3.65. The molecule has 0 saturated carbocycles. The molecule has 78 valence electrons. The molecule has 0 amide bonds. The topological polar surface area (TPSA) is 26.3 Å². The fourth-order valence-electron chi connectivity index (χ4n) is 1.45. The molecule has 1 aliphatic heterocycles. The summed E-state index contributed by atoms with van der Waals surface area (Å²) in [5, 5.41) is 0. The van der Waals surface area contributed by atoms with Gasteiger partial charge < -0.3 is 4.74 Å². The van der Waals surface area contributed by atoms with Crippen LogP contribution in [-0.4, -0.2) is 12.1 Å². The van der Waals surface area contributed by atoms with E-state index in [2.05, 4.69) is 18.8 Å². The Balaban J connectivity index is 2.05. The number of rotatable bonds is 4. The summed E-state index contributed by atoms with van der Waals surface area (Å²) in [6.45, 7) is 2.20. The highest BCUT2D eigenvalue weighted by molar-refractivity contribution is 5.72. The molecular formula is C12H18O2. The van der Waals surface area contributed by atoms with Crippen molar-refractivity contribution in [3.8, 4) is 11.8 Å². The van der Waals surface area contributed by atoms with Crippen LogP contribution in [0.25, 0.3) is 0 Å². The summed E-state index contributed by atoms with van der Waals surface area (Å²) in [4.78, 5) is 10.7. The molecule has 1 aliphatic rings. The van der Waals surface area contributed by atoms with E-state index in [-0.39, 0.29) is 12.1 Å². The van der Waals surface area contributed by atoms with Gasteiger partial charge in [-0.2, -0.15) is 0 Å². The van der Waals surface area contributed by atoms with Crippen LogP contribution in [0.1, 0.15) is 51.9 Å². The summed E-state index contributed by atoms with van der Waals surface area (Å²) in [6, 6.07) is 0. The van der Waals surface area contributed by atoms with Crippen LogP contribution in [0, 0.1) is 11.8 Å². The number of cyclic esters (lactones) is 1. The summed E-state index contributed by atoms with van der Waals surface area (Å²) in [6.07, 6.45) is 7.11. The Morgan fingerprint density at radius 2 is 2.29 bits per heavy atom. The molecule has 1 fully saturated rings. The van der Waals surface area contributed by atoms with Crippen molar-refractivity contribution in [3.05, 3.63) is 0 Å². The second-order valence-corrected chi connectivity index (χ2v) is 3.65. The second kappa shape index (κ2) is 6.48. The van der Waals surface area contributed by atoms with Crippen molar-refractivity contribution in [2.24, 2.45) is 0 Å². The molecule has 0 radical (unpaired) electrons. The monoisotopic (exact) mass is 194 g/mol. The molecule has 0 aliphatic carbocycles. The van der Waals surface area contributed by atoms with Gasteiger partial charge in [0.2, 0.25) is 0 Å². The zero-order chi connectivity index (χ0) is 10.2. The Hall–Kier alpha value is -0.970. The molecule has 0 spiro atoms. The van der Waals surface area contributed by atoms with Gasteiger partial charge in [-0.15, -0.1) is 0 Å². The highest BCUT2D eigenvalue weighted by Crippen LogP contribution is 2.12. The predicted octanol–water partition coefficient (Wildman–Crippen LogP) is 2.67. The number of ether oxygens (including phenoxy) is 1. The largest absolute Gasteiger partial charge is 0.449 e. The molecule has 0 aromatic heterocycles. The van der Waals surface area contributed by atoms with Crippen molar-refractivity contribution in [1.82, 2.24) is 0 Å². The third kappa shape index (κ3) is 4.32. The van der Waals surface area contributed by atoms with E-state index in [1.807, 2.05) is 0 Å². The summed E-state index contributed by atoms with van der Waals surface area (Å²) < 4.78 is 4.98. The number of carbonyl (C=O) groups is 1. The summed E-state index contributed by atoms with van der Waals surface area (Å²) in [5.41, 5.74) is 0. The van der Waals surface area contributed by atoms with Gasteiger partial charge in [0.05, 0.1) is 6.42 Å². The van der Waals surface area contributed by atoms with Crippen molar-refractivity contribution < 1.29 is 9.53 Å². The number of carbonyl (C=O) groups excluding carboxylic acids is 1. The Morgan fingerprint density at radius 1 is 1.43 bits per heavy atom. The summed E-state index contributed by atoms with van der Waals surface area (Å²) in [5.74, 6) is 5.97. The molecular weight excluding hydrogens is 176 g/mol. The third-order valence-electron chi connectivity index (χ3n) is 2.30. The summed E-state index contributed by atoms with van der Waals surface area (Å²) >= 11 is 0. The molecule has 14 heavy (non-hydrogen) atoms. The van der Waals surface area contributed by atoms with Crippen molar-refractivity contribution in [2.45, 2.75) is 58.0 Å². The zero-order valence-electron chi connectivity index (χ0n) is 8.84. The number of hydrogen-bond acceptors (Lipinski definition) is 2. The molecule has 1 rings (SSSR count). The van der Waals surface area contributed by atoms with E-state index in [1.54, 1.807) is 0 Å². The highest BCUT2D eigenvalue weighted by Gasteiger charge is 2.20. The fraction of sp³-hybridized carbons (Fsp3) is 0.750. The van der Waals surface area contributed by atoms with E-state index >= 15 is 0 Å². The van der Waals surface area contributed by atoms with Crippen molar-refractivity contribution >= 4 is 5.97 Å². The molecule has 0 aromatic carbocycles. The minimum Gasteiger partial charge on any atom is -0.449 e. The number of hydrogen-bond donors (Lipinski definition) is 0. The minimum absolute atomic E-state index is 0.102. The Labute approximate surface area is 86.0 Å². The van der Waals surface area contributed by atoms with E-state index in [0.717, 1.165) is 12.8 Å². The number of unbranched alkanes of at least 4 members (excludes halogenated alkanes) is 4. The van der Waals surface area contributed by atoms with Crippen LogP contribution in [0.2, 0.25) is 0 Å². The highest BCUT2D eigenvalue weighted by atomic mass is 16.5. The smallest absolute Gasteiger partial charge is 0.307 e. The maximum atomic E-state index is 10.7. The van der Waals surface area contributed by atoms with Crippen LogP contribution in [0.3, 0.4) is 0 Å². The van der Waals surface area contributed by atoms with Crippen molar-refractivity contribution in [1.29, 1.82) is 0 Å². The van der Waals surface area contributed by atoms with E-state index in [9.17, 15) is 4.79 Å². The Bertz CT molecular complexity index is 234. The van der Waals surface area contributed by atoms with Gasteiger partial charge in [-0.3, -0.25) is 4.79 Å². The first-order valence-electron chi connectivity index (χ1n) is 5.51. The normalized spacial score (nSPS) is 20.1. The Morgan fingerprint density at radius 3 is 2.93 bits per heavy atom. The van der Waals surface area contributed by atoms with Crippen LogP contribution in [0.5, 0.6) is 0 Å². The summed E-state index contributed by atoms with van der Waals surface area (Å²) in [7, 11) is 0. The molecule has 1 unspecified atom stereocenters. The lowest BCUT2D eigenvalue weighted by Gasteiger charge is -1.97. The number of esters is 1. The van der Waals surface area contributed by atoms with E-state index in [4.69, 9.17) is 4.74 Å². The van der Waals surface area contributed by atoms with Crippen molar-refractivity contribution in [3.63, 3.8) is 0 Å². The standard InChI is InChI=1S/C12H18O2/c1-2-3-4-5-6-7-8-11-9-10-12(13)14-11/h11H,2-6,9-10H2,1H3. The lowest BCUT2D eigenvalue weighted by Crippen LogP contribution is -2.02. The molecule has 2 heteroatoms. The minimum atomic E-state index is -0.117. The van der Waals surface area contributed by atoms with Crippen LogP contribution in [0.15, 0.2) is 0 Å². The van der Waals surface area contributed by atoms with Crippen LogP contribution in [0.4, 0.5) is 0 Å². The van der Waals surface area contributed by atoms with E-state index in [0.29, 0.717) is 6.42 Å². The van der Waals surface area contributed by atoms with Crippen LogP contribution < -0.4 is 0 Å². The fourth-order valence-corrected chi connectivity index (χ4v) is 1.45. The van der Waals surface area contributed by atoms with Crippen molar-refractivity contribution in [2.75, 3.05) is 0 Å². The molecule has 1 atom stereocenters. The van der Waals surface area contributed by atoms with E-state index in [1.165, 1.54) is 25.7 Å². The molecule has 1 saturated heterocycles. The molecule has 0 N–H and O–H groups in total. The van der Waals surface area contributed by atoms with Gasteiger partial charge in [0.25, 0.3) is 0 Å². The quantitative estimate of drug-likeness (QED) is 0.391. The zero-order valence-corrected chi connectivity index (χ0v) is 8.84. The molecule has 1 heterocycles. The van der Waals surface area contributed by atoms with Gasteiger partial charge in [-0.05, 0) is 6.42 Å². The SMILES string of the molecule is CCCCCCC#CC1CCC(=O)O1. The molecule has 0 bridgehead atoms. The Kier molecular flexibility index (Phi) is 5.14. The van der Waals surface area contributed by atoms with Crippen LogP contribution in [-0.2, 0) is 9.53 Å². The average Bonchev–Trinajstić information content (AvgIpc) is 2.58. The van der Waals surface area contributed by atoms with Crippen LogP contribution >= 0.6 is 0 Å². The van der Waals surface area contributed by atoms with Gasteiger partial charge in [-0.1, -0.05) is 38.0 Å². The van der Waals surface area contributed by atoms with E-state index < -0.39 is 0 Å². The maximum Gasteiger partial charge on any atom is 0.307 e. The molecule has 2 nitrogen and oxygen atoms in total. The van der Waals surface area contributed by atoms with Gasteiger partial charge in [0, 0.05) is 12.8 Å². The lowest BCUT2D eigenvalue weighted by molar-refractivity contribution is -0.139. The lowest BCUT2D eigenvalue weighted by atomic mass is 10.1. The first-order chi connectivity index (χ1) is 6.83. The maximum absolute atomic E-state index is 10.7. The van der Waals surface area contributed by atoms with Gasteiger partial charge >= 0.3 is 5.97 Å². The van der Waals surface area contributed by atoms with Gasteiger partial charge in [0.1, 0.15) is 0 Å². The van der Waals surface area contributed by atoms with Gasteiger partial charge in [-0.25, -0.2) is 0 Å². The third-order valence-corrected chi connectivity index (χ3v) is 2.30. The van der Waals surface area contributed by atoms with Gasteiger partial charge in [0.15, 0.2) is 6.10 Å². The first-order valence-corrected chi connectivity index (χ1v) is 5.51. The predicted molar refractivity (Wildman–Crippen MR) is 55.6 cm³/mol. The average molecular weight is 194 g/mol. The molecule has 0 aromatic rings. The first kappa shape index (κ1) is 11.1.